The standard InChI is InChI=1S/C14H14O6.C7H8O4.C6H7N3O3.C3H2O2/c1-9(2)13(17)19-7-8-20-14(18)11-6-4-3-5-10(11)12(15)16;1-2-7(10)11-5-3-4-6(8)9;1-2-3-9-5(11)7-4(10)8-6(9)12;1-2-3(4)5/h3-6H,1,7-8H2,2H3,(H,15,16);1H,3-5H2,(H,8,9);2H,1,3H2,(H2,7,8,10,11,12);1H,(H,4,5). The molecule has 1 aromatic heterocycles. The Morgan fingerprint density at radius 1 is 0.875 bits per heavy atom. The van der Waals surface area contributed by atoms with Gasteiger partial charge >= 0.3 is 52.9 Å². The van der Waals surface area contributed by atoms with Crippen LogP contribution in [-0.4, -0.2) is 85.5 Å². The SMILES string of the molecule is C#CC(=O)O.C#CC(=O)OCCCC(=O)O.C=C(C)C(=O)OCCOC(=O)c1ccccc1C(=O)O.C=CCn1c(=O)[nH]c(=O)[nH]c1=O. The number of aliphatic carboxylic acids is 2. The first kappa shape index (κ1) is 43.2. The van der Waals surface area contributed by atoms with E-state index in [4.69, 9.17) is 29.6 Å². The lowest BCUT2D eigenvalue weighted by Crippen LogP contribution is -2.42. The number of nitrogens with zero attached hydrogens (tertiary/aromatic N) is 1. The normalized spacial score (nSPS) is 8.90. The third kappa shape index (κ3) is 20.1. The van der Waals surface area contributed by atoms with Crippen molar-refractivity contribution in [2.24, 2.45) is 0 Å². The van der Waals surface area contributed by atoms with E-state index in [1.807, 2.05) is 9.97 Å². The average Bonchev–Trinajstić information content (AvgIpc) is 3.03. The largest absolute Gasteiger partial charge is 0.481 e. The van der Waals surface area contributed by atoms with Gasteiger partial charge in [-0.05, 0) is 25.5 Å². The number of aromatic amines is 2. The van der Waals surface area contributed by atoms with E-state index < -0.39 is 52.9 Å². The summed E-state index contributed by atoms with van der Waals surface area (Å²) in [4.78, 5) is 99.1. The Morgan fingerprint density at radius 2 is 1.40 bits per heavy atom. The molecule has 18 heteroatoms. The van der Waals surface area contributed by atoms with Crippen LogP contribution in [0.4, 0.5) is 0 Å². The van der Waals surface area contributed by atoms with Gasteiger partial charge < -0.3 is 29.5 Å². The maximum atomic E-state index is 11.7. The highest BCUT2D eigenvalue weighted by Crippen LogP contribution is 2.10. The second kappa shape index (κ2) is 24.4. The number of ether oxygens (including phenoxy) is 3. The topological polar surface area (TPSA) is 279 Å². The molecule has 1 aromatic carbocycles. The van der Waals surface area contributed by atoms with Gasteiger partial charge in [-0.15, -0.1) is 19.4 Å². The number of terminal acetylenes is 2. The number of allylic oxidation sites excluding steroid dienone is 1. The summed E-state index contributed by atoms with van der Waals surface area (Å²) < 4.78 is 14.8. The van der Waals surface area contributed by atoms with Gasteiger partial charge in [0.2, 0.25) is 0 Å². The lowest BCUT2D eigenvalue weighted by molar-refractivity contribution is -0.140. The van der Waals surface area contributed by atoms with Crippen LogP contribution in [0.25, 0.3) is 0 Å². The number of aromatic nitrogens is 3. The fraction of sp³-hybridized carbons (Fsp3) is 0.233. The van der Waals surface area contributed by atoms with Gasteiger partial charge in [0.1, 0.15) is 13.2 Å². The minimum atomic E-state index is -1.22. The molecule has 0 radical (unpaired) electrons. The van der Waals surface area contributed by atoms with Gasteiger partial charge in [0.15, 0.2) is 0 Å². The van der Waals surface area contributed by atoms with Crippen LogP contribution in [0.3, 0.4) is 0 Å². The van der Waals surface area contributed by atoms with Crippen LogP contribution in [0.1, 0.15) is 40.5 Å². The molecule has 1 heterocycles. The fourth-order valence-electron chi connectivity index (χ4n) is 2.49. The number of esters is 3. The van der Waals surface area contributed by atoms with Gasteiger partial charge in [-0.2, -0.15) is 0 Å². The zero-order valence-electron chi connectivity index (χ0n) is 25.4. The van der Waals surface area contributed by atoms with Gasteiger partial charge in [-0.1, -0.05) is 24.8 Å². The Kier molecular flexibility index (Phi) is 21.9. The number of rotatable bonds is 12. The highest BCUT2D eigenvalue weighted by molar-refractivity contribution is 6.02. The molecule has 0 atom stereocenters. The van der Waals surface area contributed by atoms with Crippen molar-refractivity contribution in [1.82, 2.24) is 14.5 Å². The van der Waals surface area contributed by atoms with Crippen LogP contribution >= 0.6 is 0 Å². The van der Waals surface area contributed by atoms with Crippen molar-refractivity contribution in [3.63, 3.8) is 0 Å². The van der Waals surface area contributed by atoms with Crippen LogP contribution in [0.15, 0.2) is 63.5 Å². The number of carbonyl (C=O) groups is 6. The summed E-state index contributed by atoms with van der Waals surface area (Å²) in [5, 5.41) is 24.6. The summed E-state index contributed by atoms with van der Waals surface area (Å²) in [6.07, 6.45) is 10.7. The molecular formula is C30H31N3O15. The Bertz CT molecular complexity index is 1700. The van der Waals surface area contributed by atoms with E-state index in [1.54, 1.807) is 5.92 Å². The highest BCUT2D eigenvalue weighted by atomic mass is 16.6. The van der Waals surface area contributed by atoms with Crippen molar-refractivity contribution in [2.45, 2.75) is 26.3 Å². The van der Waals surface area contributed by atoms with Crippen molar-refractivity contribution < 1.29 is 58.3 Å². The summed E-state index contributed by atoms with van der Waals surface area (Å²) in [7, 11) is 0. The summed E-state index contributed by atoms with van der Waals surface area (Å²) >= 11 is 0. The quantitative estimate of drug-likeness (QED) is 0.0371. The number of nitrogens with one attached hydrogen (secondary N) is 2. The monoisotopic (exact) mass is 673 g/mol. The minimum Gasteiger partial charge on any atom is -0.481 e. The first-order valence-electron chi connectivity index (χ1n) is 12.9. The van der Waals surface area contributed by atoms with Crippen LogP contribution in [0.2, 0.25) is 0 Å². The van der Waals surface area contributed by atoms with Crippen LogP contribution in [-0.2, 0) is 39.9 Å². The number of H-pyrrole nitrogens is 2. The maximum absolute atomic E-state index is 11.7. The number of carboxylic acids is 3. The molecule has 5 N–H and O–H groups in total. The molecule has 0 aliphatic rings. The number of hydrogen-bond donors (Lipinski definition) is 5. The summed E-state index contributed by atoms with van der Waals surface area (Å²) in [5.74, 6) is -2.27. The highest BCUT2D eigenvalue weighted by Gasteiger charge is 2.17. The first-order valence-corrected chi connectivity index (χ1v) is 12.9. The van der Waals surface area contributed by atoms with E-state index in [-0.39, 0.29) is 49.5 Å². The second-order valence-corrected chi connectivity index (χ2v) is 8.22. The first-order chi connectivity index (χ1) is 22.5. The summed E-state index contributed by atoms with van der Waals surface area (Å²) in [6.45, 7) is 8.11. The van der Waals surface area contributed by atoms with Gasteiger partial charge in [-0.25, -0.2) is 42.9 Å². The molecule has 0 amide bonds. The van der Waals surface area contributed by atoms with Crippen LogP contribution < -0.4 is 17.1 Å². The number of benzene rings is 1. The van der Waals surface area contributed by atoms with Gasteiger partial charge in [0, 0.05) is 23.8 Å². The molecule has 2 aromatic rings. The molecule has 0 saturated heterocycles. The Balaban J connectivity index is 0. The van der Waals surface area contributed by atoms with E-state index in [9.17, 15) is 38.4 Å². The molecular weight excluding hydrogens is 642 g/mol. The summed E-state index contributed by atoms with van der Waals surface area (Å²) in [6, 6.07) is 5.70. The molecule has 18 nitrogen and oxygen atoms in total. The molecule has 0 unspecified atom stereocenters. The lowest BCUT2D eigenvalue weighted by Gasteiger charge is -2.07. The fourth-order valence-corrected chi connectivity index (χ4v) is 2.49. The number of hydrogen-bond acceptors (Lipinski definition) is 12. The van der Waals surface area contributed by atoms with Gasteiger partial charge in [0.25, 0.3) is 0 Å². The van der Waals surface area contributed by atoms with Crippen molar-refractivity contribution in [3.05, 3.63) is 91.7 Å². The van der Waals surface area contributed by atoms with Crippen molar-refractivity contribution in [1.29, 1.82) is 0 Å². The smallest absolute Gasteiger partial charge is 0.384 e. The zero-order valence-corrected chi connectivity index (χ0v) is 25.4. The third-order valence-electron chi connectivity index (χ3n) is 4.53. The molecule has 2 rings (SSSR count). The predicted molar refractivity (Wildman–Crippen MR) is 165 cm³/mol. The Hall–Kier alpha value is -6.95. The number of carboxylic acid groups (broad SMARTS) is 3. The molecule has 0 bridgehead atoms. The second-order valence-electron chi connectivity index (χ2n) is 8.22. The maximum Gasteiger partial charge on any atom is 0.384 e. The van der Waals surface area contributed by atoms with Crippen molar-refractivity contribution in [2.75, 3.05) is 19.8 Å². The summed E-state index contributed by atoms with van der Waals surface area (Å²) in [5.41, 5.74) is -2.21. The molecule has 0 saturated carbocycles. The molecule has 0 aliphatic heterocycles. The minimum absolute atomic E-state index is 0.0160. The zero-order chi connectivity index (χ0) is 37.2. The van der Waals surface area contributed by atoms with E-state index in [1.165, 1.54) is 43.2 Å². The molecule has 0 spiro atoms. The third-order valence-corrected chi connectivity index (χ3v) is 4.53. The van der Waals surface area contributed by atoms with E-state index in [0.29, 0.717) is 6.42 Å². The predicted octanol–water partition coefficient (Wildman–Crippen LogP) is -0.196. The molecule has 0 aliphatic carbocycles. The number of aromatic carboxylic acids is 1. The van der Waals surface area contributed by atoms with Crippen molar-refractivity contribution >= 4 is 35.8 Å². The number of carbonyl (C=O) groups excluding carboxylic acids is 3. The van der Waals surface area contributed by atoms with E-state index in [2.05, 4.69) is 30.7 Å². The van der Waals surface area contributed by atoms with Crippen molar-refractivity contribution in [3.8, 4) is 24.7 Å². The van der Waals surface area contributed by atoms with E-state index in [0.717, 1.165) is 4.57 Å². The van der Waals surface area contributed by atoms with Gasteiger partial charge in [-0.3, -0.25) is 14.8 Å². The lowest BCUT2D eigenvalue weighted by atomic mass is 10.1. The van der Waals surface area contributed by atoms with Crippen LogP contribution in [0.5, 0.6) is 0 Å². The molecule has 48 heavy (non-hydrogen) atoms. The average molecular weight is 674 g/mol. The van der Waals surface area contributed by atoms with Crippen LogP contribution in [0, 0.1) is 24.7 Å². The van der Waals surface area contributed by atoms with Gasteiger partial charge in [0.05, 0.1) is 24.3 Å². The molecule has 0 fully saturated rings. The van der Waals surface area contributed by atoms with E-state index >= 15 is 0 Å². The molecule has 256 valence electrons. The Labute approximate surface area is 271 Å². The Morgan fingerprint density at radius 3 is 1.83 bits per heavy atom.